The quantitative estimate of drug-likeness (QED) is 0.233. The van der Waals surface area contributed by atoms with Crippen LogP contribution in [0.5, 0.6) is 5.75 Å². The van der Waals surface area contributed by atoms with Gasteiger partial charge < -0.3 is 10.4 Å². The van der Waals surface area contributed by atoms with E-state index in [9.17, 15) is 32.1 Å². The van der Waals surface area contributed by atoms with E-state index in [-0.39, 0.29) is 11.4 Å². The van der Waals surface area contributed by atoms with Crippen molar-refractivity contribution in [2.75, 3.05) is 11.6 Å². The van der Waals surface area contributed by atoms with E-state index in [1.165, 1.54) is 10.2 Å². The number of aryl methyl sites for hydroxylation is 1. The zero-order valence-corrected chi connectivity index (χ0v) is 19.5. The van der Waals surface area contributed by atoms with Gasteiger partial charge in [-0.25, -0.2) is 16.8 Å². The van der Waals surface area contributed by atoms with E-state index in [0.717, 1.165) is 18.2 Å². The SMILES string of the molecule is Cc1cc(N=Nc2ccc(Nc3ccc(S(=O)(=O)NS(C)(=O)=O)cc3[N+](=O)[O-])cc2)ccc1O. The van der Waals surface area contributed by atoms with Gasteiger partial charge in [0.15, 0.2) is 0 Å². The number of hydrogen-bond acceptors (Lipinski definition) is 10. The van der Waals surface area contributed by atoms with Crippen LogP contribution in [0.3, 0.4) is 0 Å². The van der Waals surface area contributed by atoms with Crippen molar-refractivity contribution in [3.8, 4) is 5.75 Å². The number of aromatic hydroxyl groups is 1. The molecule has 34 heavy (non-hydrogen) atoms. The van der Waals surface area contributed by atoms with Gasteiger partial charge in [-0.2, -0.15) is 10.2 Å². The molecule has 3 N–H and O–H groups in total. The monoisotopic (exact) mass is 505 g/mol. The van der Waals surface area contributed by atoms with Crippen LogP contribution >= 0.6 is 0 Å². The van der Waals surface area contributed by atoms with Crippen molar-refractivity contribution in [1.82, 2.24) is 4.13 Å². The van der Waals surface area contributed by atoms with Crippen LogP contribution in [0.2, 0.25) is 0 Å². The van der Waals surface area contributed by atoms with Crippen molar-refractivity contribution in [2.24, 2.45) is 10.2 Å². The Kier molecular flexibility index (Phi) is 6.95. The number of azo groups is 1. The topological polar surface area (TPSA) is 180 Å². The molecule has 0 saturated heterocycles. The van der Waals surface area contributed by atoms with Gasteiger partial charge in [0.1, 0.15) is 11.4 Å². The zero-order valence-electron chi connectivity index (χ0n) is 17.8. The number of rotatable bonds is 8. The third-order valence-corrected chi connectivity index (χ3v) is 7.31. The van der Waals surface area contributed by atoms with Crippen molar-refractivity contribution >= 4 is 48.5 Å². The summed E-state index contributed by atoms with van der Waals surface area (Å²) in [5, 5.41) is 32.0. The summed E-state index contributed by atoms with van der Waals surface area (Å²) in [6, 6.07) is 14.2. The number of benzene rings is 3. The fraction of sp³-hybridized carbons (Fsp3) is 0.100. The molecule has 0 radical (unpaired) electrons. The maximum Gasteiger partial charge on any atom is 0.294 e. The van der Waals surface area contributed by atoms with Gasteiger partial charge in [0, 0.05) is 11.8 Å². The Morgan fingerprint density at radius 2 is 1.53 bits per heavy atom. The Morgan fingerprint density at radius 3 is 2.12 bits per heavy atom. The molecular formula is C20H19N5O7S2. The van der Waals surface area contributed by atoms with Crippen molar-refractivity contribution < 1.29 is 26.9 Å². The Hall–Kier alpha value is -3.88. The minimum absolute atomic E-state index is 0.00255. The number of phenols is 1. The maximum atomic E-state index is 12.2. The number of nitrogens with one attached hydrogen (secondary N) is 2. The molecule has 0 bridgehead atoms. The molecule has 0 amide bonds. The minimum Gasteiger partial charge on any atom is -0.508 e. The summed E-state index contributed by atoms with van der Waals surface area (Å²) in [5.41, 5.74) is 1.59. The van der Waals surface area contributed by atoms with Crippen LogP contribution in [-0.2, 0) is 20.0 Å². The average molecular weight is 506 g/mol. The summed E-state index contributed by atoms with van der Waals surface area (Å²) in [7, 11) is -8.61. The number of nitrogens with zero attached hydrogens (tertiary/aromatic N) is 3. The van der Waals surface area contributed by atoms with Gasteiger partial charge in [-0.1, -0.05) is 0 Å². The third-order valence-electron chi connectivity index (χ3n) is 4.34. The lowest BCUT2D eigenvalue weighted by Crippen LogP contribution is -2.29. The van der Waals surface area contributed by atoms with E-state index >= 15 is 0 Å². The fourth-order valence-corrected chi connectivity index (χ4v) is 5.26. The Morgan fingerprint density at radius 1 is 0.912 bits per heavy atom. The highest BCUT2D eigenvalue weighted by molar-refractivity contribution is 8.04. The first-order valence-corrected chi connectivity index (χ1v) is 12.8. The first-order valence-electron chi connectivity index (χ1n) is 9.44. The second-order valence-electron chi connectivity index (χ2n) is 7.14. The molecule has 0 aliphatic rings. The summed E-state index contributed by atoms with van der Waals surface area (Å²) < 4.78 is 48.3. The minimum atomic E-state index is -4.51. The molecule has 0 heterocycles. The molecule has 0 unspecified atom stereocenters. The Bertz CT molecular complexity index is 1490. The van der Waals surface area contributed by atoms with Crippen LogP contribution in [0, 0.1) is 17.0 Å². The fourth-order valence-electron chi connectivity index (χ4n) is 2.77. The van der Waals surface area contributed by atoms with E-state index < -0.39 is 35.6 Å². The maximum absolute atomic E-state index is 12.2. The van der Waals surface area contributed by atoms with E-state index in [1.807, 2.05) is 0 Å². The normalized spacial score (nSPS) is 12.1. The molecule has 0 saturated carbocycles. The second-order valence-corrected chi connectivity index (χ2v) is 10.8. The van der Waals surface area contributed by atoms with Crippen molar-refractivity contribution in [1.29, 1.82) is 0 Å². The van der Waals surface area contributed by atoms with Gasteiger partial charge in [-0.05, 0) is 67.1 Å². The molecule has 0 spiro atoms. The molecule has 0 aliphatic carbocycles. The molecule has 0 fully saturated rings. The van der Waals surface area contributed by atoms with Gasteiger partial charge >= 0.3 is 0 Å². The van der Waals surface area contributed by atoms with Crippen molar-refractivity contribution in [3.63, 3.8) is 0 Å². The van der Waals surface area contributed by atoms with E-state index in [0.29, 0.717) is 28.9 Å². The van der Waals surface area contributed by atoms with Crippen LogP contribution in [0.15, 0.2) is 75.8 Å². The van der Waals surface area contributed by atoms with Crippen LogP contribution in [0.25, 0.3) is 0 Å². The summed E-state index contributed by atoms with van der Waals surface area (Å²) >= 11 is 0. The second kappa shape index (κ2) is 9.54. The van der Waals surface area contributed by atoms with Crippen molar-refractivity contribution in [3.05, 3.63) is 76.3 Å². The summed E-state index contributed by atoms with van der Waals surface area (Å²) in [5.74, 6) is 0.153. The van der Waals surface area contributed by atoms with Crippen LogP contribution < -0.4 is 9.44 Å². The number of hydrogen-bond donors (Lipinski definition) is 3. The lowest BCUT2D eigenvalue weighted by Gasteiger charge is -2.10. The third kappa shape index (κ3) is 6.34. The highest BCUT2D eigenvalue weighted by Gasteiger charge is 2.24. The predicted octanol–water partition coefficient (Wildman–Crippen LogP) is 4.01. The first-order chi connectivity index (χ1) is 15.8. The van der Waals surface area contributed by atoms with Crippen LogP contribution in [-0.4, -0.2) is 33.1 Å². The molecule has 3 rings (SSSR count). The largest absolute Gasteiger partial charge is 0.508 e. The average Bonchev–Trinajstić information content (AvgIpc) is 2.74. The molecule has 3 aromatic carbocycles. The number of anilines is 2. The molecule has 12 nitrogen and oxygen atoms in total. The van der Waals surface area contributed by atoms with Crippen LogP contribution in [0.4, 0.5) is 28.4 Å². The highest BCUT2D eigenvalue weighted by atomic mass is 32.3. The number of sulfonamides is 2. The predicted molar refractivity (Wildman–Crippen MR) is 125 cm³/mol. The lowest BCUT2D eigenvalue weighted by molar-refractivity contribution is -0.384. The first kappa shape index (κ1) is 24.8. The van der Waals surface area contributed by atoms with Gasteiger partial charge in [0.2, 0.25) is 10.0 Å². The molecule has 0 aliphatic heterocycles. The van der Waals surface area contributed by atoms with Crippen molar-refractivity contribution in [2.45, 2.75) is 11.8 Å². The molecule has 14 heteroatoms. The Labute approximate surface area is 195 Å². The summed E-state index contributed by atoms with van der Waals surface area (Å²) in [6.45, 7) is 1.73. The van der Waals surface area contributed by atoms with E-state index in [1.54, 1.807) is 43.3 Å². The number of nitro groups is 1. The lowest BCUT2D eigenvalue weighted by atomic mass is 10.2. The van der Waals surface area contributed by atoms with Gasteiger partial charge in [-0.3, -0.25) is 10.1 Å². The van der Waals surface area contributed by atoms with E-state index in [4.69, 9.17) is 0 Å². The van der Waals surface area contributed by atoms with Crippen LogP contribution in [0.1, 0.15) is 5.56 Å². The summed E-state index contributed by atoms with van der Waals surface area (Å²) in [4.78, 5) is 10.1. The molecule has 178 valence electrons. The number of nitro benzene ring substituents is 1. The van der Waals surface area contributed by atoms with Gasteiger partial charge in [0.05, 0.1) is 27.4 Å². The smallest absolute Gasteiger partial charge is 0.294 e. The zero-order chi connectivity index (χ0) is 25.1. The van der Waals surface area contributed by atoms with Gasteiger partial charge in [0.25, 0.3) is 15.7 Å². The standard InChI is InChI=1S/C20H19N5O7S2/c1-13-11-16(7-10-20(13)26)23-22-15-5-3-14(4-6-15)21-18-9-8-17(12-19(18)25(27)28)34(31,32)24-33(2,29)30/h3-12,21,24,26H,1-2H3. The highest BCUT2D eigenvalue weighted by Crippen LogP contribution is 2.31. The number of phenolic OH excluding ortho intramolecular Hbond substituents is 1. The summed E-state index contributed by atoms with van der Waals surface area (Å²) in [6.07, 6.45) is 0.657. The van der Waals surface area contributed by atoms with Gasteiger partial charge in [-0.15, -0.1) is 4.13 Å². The Balaban J connectivity index is 1.81. The molecule has 0 atom stereocenters. The molecular weight excluding hydrogens is 486 g/mol. The van der Waals surface area contributed by atoms with E-state index in [2.05, 4.69) is 15.5 Å². The molecule has 3 aromatic rings. The molecule has 0 aromatic heterocycles.